The molecule has 3 rings (SSSR count). The van der Waals surface area contributed by atoms with E-state index >= 15 is 0 Å². The number of benzene rings is 1. The summed E-state index contributed by atoms with van der Waals surface area (Å²) in [6, 6.07) is 10.0. The molecule has 0 aliphatic carbocycles. The van der Waals surface area contributed by atoms with Gasteiger partial charge < -0.3 is 19.5 Å². The monoisotopic (exact) mass is 589 g/mol. The fourth-order valence-electron chi connectivity index (χ4n) is 5.15. The van der Waals surface area contributed by atoms with E-state index in [2.05, 4.69) is 0 Å². The summed E-state index contributed by atoms with van der Waals surface area (Å²) >= 11 is 0. The molecule has 2 heterocycles. The van der Waals surface area contributed by atoms with Crippen LogP contribution in [0.5, 0.6) is 0 Å². The number of amides is 2. The van der Waals surface area contributed by atoms with Crippen molar-refractivity contribution in [1.82, 2.24) is 14.4 Å². The lowest BCUT2D eigenvalue weighted by Gasteiger charge is -2.51. The summed E-state index contributed by atoms with van der Waals surface area (Å²) in [5, 5.41) is 11.7. The molecular weight excluding hydrogens is 556 g/mol. The number of alkyl halides is 6. The van der Waals surface area contributed by atoms with Gasteiger partial charge in [-0.3, -0.25) is 14.4 Å². The van der Waals surface area contributed by atoms with Crippen molar-refractivity contribution < 1.29 is 41.0 Å². The lowest BCUT2D eigenvalue weighted by atomic mass is 9.69. The number of pyridine rings is 1. The van der Waals surface area contributed by atoms with Crippen LogP contribution in [-0.4, -0.2) is 76.4 Å². The fourth-order valence-corrected chi connectivity index (χ4v) is 5.15. The first-order valence-electron chi connectivity index (χ1n) is 12.9. The van der Waals surface area contributed by atoms with Crippen molar-refractivity contribution in [2.45, 2.75) is 57.6 Å². The molecule has 0 saturated carbocycles. The van der Waals surface area contributed by atoms with E-state index in [0.717, 1.165) is 4.90 Å². The van der Waals surface area contributed by atoms with Crippen molar-refractivity contribution in [2.24, 2.45) is 11.3 Å². The van der Waals surface area contributed by atoms with Gasteiger partial charge in [-0.2, -0.15) is 26.3 Å². The average Bonchev–Trinajstić information content (AvgIpc) is 2.84. The number of rotatable bonds is 7. The second-order valence-electron chi connectivity index (χ2n) is 11.4. The van der Waals surface area contributed by atoms with Gasteiger partial charge in [0.1, 0.15) is 0 Å². The summed E-state index contributed by atoms with van der Waals surface area (Å²) in [4.78, 5) is 41.3. The van der Waals surface area contributed by atoms with Crippen molar-refractivity contribution in [2.75, 3.05) is 27.2 Å². The molecule has 2 aromatic rings. The van der Waals surface area contributed by atoms with Crippen molar-refractivity contribution in [3.63, 3.8) is 0 Å². The van der Waals surface area contributed by atoms with Crippen LogP contribution in [0.3, 0.4) is 0 Å². The second kappa shape index (κ2) is 11.5. The third-order valence-corrected chi connectivity index (χ3v) is 7.54. The zero-order valence-electron chi connectivity index (χ0n) is 23.1. The Balaban J connectivity index is 1.92. The maximum atomic E-state index is 13.2. The van der Waals surface area contributed by atoms with Crippen LogP contribution in [0, 0.1) is 11.3 Å². The summed E-state index contributed by atoms with van der Waals surface area (Å²) in [6.07, 6.45) is -12.7. The highest BCUT2D eigenvalue weighted by molar-refractivity contribution is 6.00. The van der Waals surface area contributed by atoms with Crippen LogP contribution >= 0.6 is 0 Å². The Labute approximate surface area is 233 Å². The highest BCUT2D eigenvalue weighted by Gasteiger charge is 2.51. The van der Waals surface area contributed by atoms with Gasteiger partial charge in [0, 0.05) is 50.4 Å². The van der Waals surface area contributed by atoms with Crippen molar-refractivity contribution in [3.05, 3.63) is 58.5 Å². The Morgan fingerprint density at radius 3 is 2.07 bits per heavy atom. The van der Waals surface area contributed by atoms with E-state index in [1.54, 1.807) is 44.4 Å². The Bertz CT molecular complexity index is 1300. The summed E-state index contributed by atoms with van der Waals surface area (Å²) in [6.45, 7) is 2.06. The van der Waals surface area contributed by atoms with Gasteiger partial charge in [0.25, 0.3) is 11.5 Å². The first kappa shape index (κ1) is 32.2. The minimum Gasteiger partial charge on any atom is -0.387 e. The fraction of sp³-hybridized carbons (Fsp3) is 0.536. The molecular formula is C28H33F6N3O4. The van der Waals surface area contributed by atoms with E-state index in [0.29, 0.717) is 11.1 Å². The molecule has 0 bridgehead atoms. The molecule has 1 aromatic heterocycles. The van der Waals surface area contributed by atoms with Gasteiger partial charge >= 0.3 is 12.4 Å². The molecule has 1 atom stereocenters. The number of likely N-dealkylation sites (tertiary alicyclic amines) is 1. The van der Waals surface area contributed by atoms with Gasteiger partial charge in [-0.25, -0.2) is 0 Å². The number of piperidine rings is 1. The Morgan fingerprint density at radius 2 is 1.59 bits per heavy atom. The topological polar surface area (TPSA) is 82.8 Å². The van der Waals surface area contributed by atoms with Crippen LogP contribution in [-0.2, 0) is 11.3 Å². The average molecular weight is 590 g/mol. The molecule has 0 spiro atoms. The van der Waals surface area contributed by atoms with Crippen LogP contribution in [0.2, 0.25) is 0 Å². The Morgan fingerprint density at radius 1 is 1.02 bits per heavy atom. The number of hydrogen-bond donors (Lipinski definition) is 1. The van der Waals surface area contributed by atoms with Crippen LogP contribution < -0.4 is 5.56 Å². The number of carbonyl (C=O) groups is 2. The molecule has 0 unspecified atom stereocenters. The molecule has 226 valence electrons. The number of carbonyl (C=O) groups excluding carboxylic acids is 2. The first-order chi connectivity index (χ1) is 18.7. The maximum absolute atomic E-state index is 13.2. The first-order valence-corrected chi connectivity index (χ1v) is 12.9. The summed E-state index contributed by atoms with van der Waals surface area (Å²) in [5.74, 6) is -4.03. The molecule has 1 aliphatic rings. The van der Waals surface area contributed by atoms with E-state index in [1.807, 2.05) is 0 Å². The predicted octanol–water partition coefficient (Wildman–Crippen LogP) is 4.73. The van der Waals surface area contributed by atoms with Gasteiger partial charge in [0.05, 0.1) is 36.5 Å². The number of aliphatic hydroxyl groups is 1. The van der Waals surface area contributed by atoms with Gasteiger partial charge in [0.2, 0.25) is 5.91 Å². The zero-order chi connectivity index (χ0) is 31.0. The molecule has 1 aliphatic heterocycles. The van der Waals surface area contributed by atoms with Crippen LogP contribution in [0.4, 0.5) is 26.3 Å². The van der Waals surface area contributed by atoms with E-state index in [9.17, 15) is 45.8 Å². The van der Waals surface area contributed by atoms with Crippen LogP contribution in [0.1, 0.15) is 43.5 Å². The number of halogens is 6. The normalized spacial score (nSPS) is 19.4. The Kier molecular flexibility index (Phi) is 9.02. The highest BCUT2D eigenvalue weighted by atomic mass is 19.4. The quantitative estimate of drug-likeness (QED) is 0.474. The summed E-state index contributed by atoms with van der Waals surface area (Å²) in [5.41, 5.74) is -2.26. The number of hydrogen-bond acceptors (Lipinski definition) is 4. The standard InChI is InChI=1S/C28H33F6N3O4/c1-25(2)16-36(23(39)19(13-27(29,30)31)14-28(32,33)34)11-10-26(25,41)17-37-15-21(24(40)35(3)4)20(12-22(37)38)18-8-6-5-7-9-18/h5-9,12,15,19,41H,10-11,13-14,16-17H2,1-4H3/t26-/m0/s1. The van der Waals surface area contributed by atoms with E-state index in [1.165, 1.54) is 35.6 Å². The van der Waals surface area contributed by atoms with Gasteiger partial charge in [-0.15, -0.1) is 0 Å². The molecule has 1 N–H and O–H groups in total. The molecule has 1 fully saturated rings. The van der Waals surface area contributed by atoms with Crippen molar-refractivity contribution in [1.29, 1.82) is 0 Å². The molecule has 0 radical (unpaired) electrons. The molecule has 13 heteroatoms. The van der Waals surface area contributed by atoms with E-state index < -0.39 is 59.5 Å². The van der Waals surface area contributed by atoms with Gasteiger partial charge in [-0.05, 0) is 12.0 Å². The van der Waals surface area contributed by atoms with Crippen LogP contribution in [0.25, 0.3) is 11.1 Å². The number of aromatic nitrogens is 1. The largest absolute Gasteiger partial charge is 0.389 e. The highest BCUT2D eigenvalue weighted by Crippen LogP contribution is 2.42. The molecule has 1 aromatic carbocycles. The lowest BCUT2D eigenvalue weighted by molar-refractivity contribution is -0.188. The van der Waals surface area contributed by atoms with Gasteiger partial charge in [-0.1, -0.05) is 44.2 Å². The molecule has 7 nitrogen and oxygen atoms in total. The molecule has 1 saturated heterocycles. The van der Waals surface area contributed by atoms with Crippen molar-refractivity contribution >= 4 is 11.8 Å². The van der Waals surface area contributed by atoms with E-state index in [-0.39, 0.29) is 31.6 Å². The Hall–Kier alpha value is -3.35. The SMILES string of the molecule is CN(C)C(=O)c1cn(C[C@@]2(O)CCN(C(=O)C(CC(F)(F)F)CC(F)(F)F)CC2(C)C)c(=O)cc1-c1ccccc1. The number of nitrogens with zero attached hydrogens (tertiary/aromatic N) is 3. The minimum absolute atomic E-state index is 0.192. The van der Waals surface area contributed by atoms with E-state index in [4.69, 9.17) is 0 Å². The smallest absolute Gasteiger partial charge is 0.387 e. The van der Waals surface area contributed by atoms with Gasteiger partial charge in [0.15, 0.2) is 0 Å². The molecule has 2 amide bonds. The second-order valence-corrected chi connectivity index (χ2v) is 11.4. The summed E-state index contributed by atoms with van der Waals surface area (Å²) < 4.78 is 79.2. The third-order valence-electron chi connectivity index (χ3n) is 7.54. The molecule has 41 heavy (non-hydrogen) atoms. The maximum Gasteiger partial charge on any atom is 0.389 e. The van der Waals surface area contributed by atoms with Crippen LogP contribution in [0.15, 0.2) is 47.4 Å². The third kappa shape index (κ3) is 7.69. The predicted molar refractivity (Wildman–Crippen MR) is 139 cm³/mol. The summed E-state index contributed by atoms with van der Waals surface area (Å²) in [7, 11) is 3.08. The van der Waals surface area contributed by atoms with Crippen molar-refractivity contribution in [3.8, 4) is 11.1 Å². The minimum atomic E-state index is -4.98. The lowest BCUT2D eigenvalue weighted by Crippen LogP contribution is -2.61. The zero-order valence-corrected chi connectivity index (χ0v) is 23.1.